The molecule has 4 nitrogen and oxygen atoms in total. The van der Waals surface area contributed by atoms with Gasteiger partial charge in [0.25, 0.3) is 0 Å². The van der Waals surface area contributed by atoms with E-state index in [9.17, 15) is 8.42 Å². The summed E-state index contributed by atoms with van der Waals surface area (Å²) in [4.78, 5) is 0. The molecule has 5 heteroatoms. The lowest BCUT2D eigenvalue weighted by molar-refractivity contribution is 0.217. The van der Waals surface area contributed by atoms with Gasteiger partial charge in [0.15, 0.2) is 9.84 Å². The predicted molar refractivity (Wildman–Crippen MR) is 82.9 cm³/mol. The Bertz CT molecular complexity index is 526. The molecule has 0 radical (unpaired) electrons. The van der Waals surface area contributed by atoms with Gasteiger partial charge in [-0.15, -0.1) is 0 Å². The van der Waals surface area contributed by atoms with Gasteiger partial charge in [0, 0.05) is 13.2 Å². The van der Waals surface area contributed by atoms with Gasteiger partial charge < -0.3 is 10.1 Å². The van der Waals surface area contributed by atoms with Crippen molar-refractivity contribution in [3.8, 4) is 0 Å². The lowest BCUT2D eigenvalue weighted by Crippen LogP contribution is -2.30. The number of methoxy groups -OCH3 is 1. The van der Waals surface area contributed by atoms with Gasteiger partial charge in [-0.2, -0.15) is 0 Å². The number of nitrogens with one attached hydrogen (secondary N) is 1. The van der Waals surface area contributed by atoms with Crippen LogP contribution in [0.2, 0.25) is 0 Å². The summed E-state index contributed by atoms with van der Waals surface area (Å²) in [6.07, 6.45) is 0. The third-order valence-corrected chi connectivity index (χ3v) is 5.03. The third kappa shape index (κ3) is 5.23. The number of hydrogen-bond acceptors (Lipinski definition) is 4. The normalized spacial score (nSPS) is 13.4. The largest absolute Gasteiger partial charge is 0.384 e. The minimum absolute atomic E-state index is 0.0657. The van der Waals surface area contributed by atoms with Crippen molar-refractivity contribution in [2.75, 3.05) is 31.8 Å². The van der Waals surface area contributed by atoms with E-state index >= 15 is 0 Å². The van der Waals surface area contributed by atoms with Crippen LogP contribution in [0, 0.1) is 13.8 Å². The molecule has 0 saturated carbocycles. The molecular formula is C15H25NO3S. The van der Waals surface area contributed by atoms with Crippen molar-refractivity contribution in [1.29, 1.82) is 0 Å². The minimum atomic E-state index is -3.12. The van der Waals surface area contributed by atoms with E-state index < -0.39 is 9.84 Å². The molecule has 0 aliphatic carbocycles. The van der Waals surface area contributed by atoms with Crippen molar-refractivity contribution in [2.45, 2.75) is 26.8 Å². The van der Waals surface area contributed by atoms with Crippen molar-refractivity contribution >= 4 is 9.84 Å². The SMILES string of the molecule is CCNC(CS(=O)(=O)CCOC)c1ccc(C)c(C)c1. The second-order valence-corrected chi connectivity index (χ2v) is 7.29. The highest BCUT2D eigenvalue weighted by Crippen LogP contribution is 2.19. The Kier molecular flexibility index (Phi) is 6.65. The van der Waals surface area contributed by atoms with E-state index in [0.717, 1.165) is 12.1 Å². The van der Waals surface area contributed by atoms with Gasteiger partial charge in [-0.05, 0) is 37.1 Å². The van der Waals surface area contributed by atoms with Crippen molar-refractivity contribution in [3.63, 3.8) is 0 Å². The second kappa shape index (κ2) is 7.76. The quantitative estimate of drug-likeness (QED) is 0.798. The van der Waals surface area contributed by atoms with E-state index in [-0.39, 0.29) is 24.2 Å². The molecule has 0 saturated heterocycles. The molecule has 1 atom stereocenters. The molecular weight excluding hydrogens is 274 g/mol. The Morgan fingerprint density at radius 1 is 1.25 bits per heavy atom. The number of hydrogen-bond donors (Lipinski definition) is 1. The lowest BCUT2D eigenvalue weighted by atomic mass is 10.0. The first-order valence-corrected chi connectivity index (χ1v) is 8.71. The van der Waals surface area contributed by atoms with Crippen LogP contribution in [0.5, 0.6) is 0 Å². The zero-order chi connectivity index (χ0) is 15.2. The fourth-order valence-electron chi connectivity index (χ4n) is 2.05. The number of sulfone groups is 1. The van der Waals surface area contributed by atoms with Gasteiger partial charge in [0.05, 0.1) is 18.1 Å². The van der Waals surface area contributed by atoms with Crippen LogP contribution in [0.4, 0.5) is 0 Å². The highest BCUT2D eigenvalue weighted by Gasteiger charge is 2.20. The lowest BCUT2D eigenvalue weighted by Gasteiger charge is -2.19. The second-order valence-electron chi connectivity index (χ2n) is 5.06. The summed E-state index contributed by atoms with van der Waals surface area (Å²) in [6, 6.07) is 5.94. The molecule has 0 aliphatic rings. The van der Waals surface area contributed by atoms with E-state index in [4.69, 9.17) is 4.74 Å². The van der Waals surface area contributed by atoms with Crippen molar-refractivity contribution in [1.82, 2.24) is 5.32 Å². The number of ether oxygens (including phenoxy) is 1. The van der Waals surface area contributed by atoms with Crippen molar-refractivity contribution in [2.24, 2.45) is 0 Å². The predicted octanol–water partition coefficient (Wildman–Crippen LogP) is 2.02. The highest BCUT2D eigenvalue weighted by molar-refractivity contribution is 7.91. The third-order valence-electron chi connectivity index (χ3n) is 3.40. The van der Waals surface area contributed by atoms with Gasteiger partial charge in [-0.1, -0.05) is 25.1 Å². The van der Waals surface area contributed by atoms with Gasteiger partial charge in [0.1, 0.15) is 0 Å². The van der Waals surface area contributed by atoms with Crippen molar-refractivity contribution < 1.29 is 13.2 Å². The first-order valence-electron chi connectivity index (χ1n) is 6.89. The fourth-order valence-corrected chi connectivity index (χ4v) is 3.45. The molecule has 0 bridgehead atoms. The summed E-state index contributed by atoms with van der Waals surface area (Å²) in [5, 5.41) is 3.26. The monoisotopic (exact) mass is 299 g/mol. The Hall–Kier alpha value is -0.910. The van der Waals surface area contributed by atoms with Gasteiger partial charge >= 0.3 is 0 Å². The smallest absolute Gasteiger partial charge is 0.154 e. The summed E-state index contributed by atoms with van der Waals surface area (Å²) in [6.45, 7) is 7.05. The van der Waals surface area contributed by atoms with Gasteiger partial charge in [-0.25, -0.2) is 8.42 Å². The summed E-state index contributed by atoms with van der Waals surface area (Å²) < 4.78 is 29.0. The average molecular weight is 299 g/mol. The maximum atomic E-state index is 12.1. The first-order chi connectivity index (χ1) is 9.39. The molecule has 0 heterocycles. The van der Waals surface area contributed by atoms with Crippen LogP contribution in [0.3, 0.4) is 0 Å². The minimum Gasteiger partial charge on any atom is -0.384 e. The van der Waals surface area contributed by atoms with Gasteiger partial charge in [-0.3, -0.25) is 0 Å². The average Bonchev–Trinajstić information content (AvgIpc) is 2.39. The molecule has 114 valence electrons. The molecule has 1 unspecified atom stereocenters. The van der Waals surface area contributed by atoms with E-state index in [1.165, 1.54) is 18.2 Å². The first kappa shape index (κ1) is 17.1. The maximum Gasteiger partial charge on any atom is 0.154 e. The zero-order valence-electron chi connectivity index (χ0n) is 12.8. The van der Waals surface area contributed by atoms with Crippen LogP contribution in [-0.2, 0) is 14.6 Å². The molecule has 1 aromatic rings. The molecule has 1 rings (SSSR count). The van der Waals surface area contributed by atoms with Crippen LogP contribution in [-0.4, -0.2) is 40.2 Å². The van der Waals surface area contributed by atoms with Crippen LogP contribution < -0.4 is 5.32 Å². The molecule has 20 heavy (non-hydrogen) atoms. The standard InChI is InChI=1S/C15H25NO3S/c1-5-16-15(11-20(17,18)9-8-19-4)14-7-6-12(2)13(3)10-14/h6-7,10,15-16H,5,8-9,11H2,1-4H3. The summed E-state index contributed by atoms with van der Waals surface area (Å²) in [5.41, 5.74) is 3.42. The number of benzene rings is 1. The summed E-state index contributed by atoms with van der Waals surface area (Å²) in [5.74, 6) is 0.170. The van der Waals surface area contributed by atoms with E-state index in [2.05, 4.69) is 18.3 Å². The Balaban J connectivity index is 2.91. The van der Waals surface area contributed by atoms with Crippen LogP contribution >= 0.6 is 0 Å². The molecule has 1 N–H and O–H groups in total. The molecule has 1 aromatic carbocycles. The Labute approximate surface area is 122 Å². The Morgan fingerprint density at radius 3 is 2.50 bits per heavy atom. The zero-order valence-corrected chi connectivity index (χ0v) is 13.6. The number of rotatable bonds is 8. The van der Waals surface area contributed by atoms with E-state index in [1.807, 2.05) is 26.0 Å². The molecule has 0 aliphatic heterocycles. The van der Waals surface area contributed by atoms with Crippen LogP contribution in [0.15, 0.2) is 18.2 Å². The highest BCUT2D eigenvalue weighted by atomic mass is 32.2. The summed E-state index contributed by atoms with van der Waals surface area (Å²) >= 11 is 0. The molecule has 0 spiro atoms. The van der Waals surface area contributed by atoms with E-state index in [1.54, 1.807) is 0 Å². The number of aryl methyl sites for hydroxylation is 2. The van der Waals surface area contributed by atoms with E-state index in [0.29, 0.717) is 0 Å². The Morgan fingerprint density at radius 2 is 1.95 bits per heavy atom. The van der Waals surface area contributed by atoms with Crippen LogP contribution in [0.1, 0.15) is 29.7 Å². The molecule has 0 aromatic heterocycles. The maximum absolute atomic E-state index is 12.1. The van der Waals surface area contributed by atoms with Crippen LogP contribution in [0.25, 0.3) is 0 Å². The molecule has 0 fully saturated rings. The fraction of sp³-hybridized carbons (Fsp3) is 0.600. The van der Waals surface area contributed by atoms with Gasteiger partial charge in [0.2, 0.25) is 0 Å². The van der Waals surface area contributed by atoms with Crippen molar-refractivity contribution in [3.05, 3.63) is 34.9 Å². The molecule has 0 amide bonds. The topological polar surface area (TPSA) is 55.4 Å². The summed E-state index contributed by atoms with van der Waals surface area (Å²) in [7, 11) is -1.61.